The van der Waals surface area contributed by atoms with E-state index >= 15 is 0 Å². The maximum Gasteiger partial charge on any atom is 0.380 e. The fraction of sp³-hybridized carbons (Fsp3) is 0.522. The van der Waals surface area contributed by atoms with Crippen molar-refractivity contribution in [1.82, 2.24) is 9.55 Å². The third-order valence-electron chi connectivity index (χ3n) is 5.52. The van der Waals surface area contributed by atoms with E-state index in [9.17, 15) is 24.1 Å². The summed E-state index contributed by atoms with van der Waals surface area (Å²) in [5.41, 5.74) is -1.43. The van der Waals surface area contributed by atoms with Crippen LogP contribution in [0.3, 0.4) is 0 Å². The highest BCUT2D eigenvalue weighted by molar-refractivity contribution is 9.10. The molecule has 0 bridgehead atoms. The number of alkyl halides is 2. The third kappa shape index (κ3) is 7.56. The summed E-state index contributed by atoms with van der Waals surface area (Å²) in [6.07, 6.45) is -3.57. The van der Waals surface area contributed by atoms with Crippen LogP contribution in [0.25, 0.3) is 0 Å². The monoisotopic (exact) mass is 638 g/mol. The number of benzene rings is 1. The predicted octanol–water partition coefficient (Wildman–Crippen LogP) is 2.63. The molecule has 2 N–H and O–H groups in total. The van der Waals surface area contributed by atoms with Crippen molar-refractivity contribution in [3.8, 4) is 5.75 Å². The van der Waals surface area contributed by atoms with E-state index in [0.29, 0.717) is 0 Å². The topological polar surface area (TPSA) is 155 Å². The number of rotatable bonds is 12. The van der Waals surface area contributed by atoms with E-state index in [1.165, 1.54) is 20.2 Å². The normalized spacial score (nSPS) is 26.3. The van der Waals surface area contributed by atoms with Crippen molar-refractivity contribution in [1.29, 1.82) is 0 Å². The van der Waals surface area contributed by atoms with Gasteiger partial charge in [0.1, 0.15) is 24.1 Å². The molecule has 0 aliphatic carbocycles. The standard InChI is InChI=1S/C23H29BrClN2O10P/c1-14(20(30)35-15(2)11-33-3)13-38(32,37-16-7-5-4-6-8-16)34-12-17-19(29)23(24,25)21(36-17)27-10-9-18(28)26-22(27)31/h4-10,14-15,17,19,21,29H,11-13H2,1-3H3,(H,26,28,31)/t14-,15?,17-,19-,21-,23+,38?/m1/s1. The van der Waals surface area contributed by atoms with E-state index < -0.39 is 65.7 Å². The van der Waals surface area contributed by atoms with Crippen LogP contribution in [-0.2, 0) is 28.1 Å². The van der Waals surface area contributed by atoms with Gasteiger partial charge in [0.25, 0.3) is 5.56 Å². The van der Waals surface area contributed by atoms with Crippen LogP contribution in [0, 0.1) is 5.92 Å². The first-order valence-electron chi connectivity index (χ1n) is 11.6. The lowest BCUT2D eigenvalue weighted by molar-refractivity contribution is -0.154. The molecule has 0 spiro atoms. The largest absolute Gasteiger partial charge is 0.460 e. The van der Waals surface area contributed by atoms with Gasteiger partial charge in [-0.3, -0.25) is 23.7 Å². The van der Waals surface area contributed by atoms with Gasteiger partial charge in [-0.05, 0) is 19.1 Å². The number of halogens is 2. The van der Waals surface area contributed by atoms with Gasteiger partial charge in [-0.25, -0.2) is 9.36 Å². The molecule has 1 aliphatic rings. The van der Waals surface area contributed by atoms with Crippen LogP contribution in [0.2, 0.25) is 0 Å². The number of esters is 1. The van der Waals surface area contributed by atoms with Crippen molar-refractivity contribution >= 4 is 41.1 Å². The number of aromatic amines is 1. The highest BCUT2D eigenvalue weighted by atomic mass is 79.9. The number of nitrogens with one attached hydrogen (secondary N) is 1. The zero-order valence-corrected chi connectivity index (χ0v) is 24.1. The molecular weight excluding hydrogens is 611 g/mol. The summed E-state index contributed by atoms with van der Waals surface area (Å²) in [5, 5.41) is 10.8. The van der Waals surface area contributed by atoms with Gasteiger partial charge in [0.05, 0.1) is 25.3 Å². The fourth-order valence-corrected chi connectivity index (χ4v) is 6.45. The molecule has 0 saturated carbocycles. The van der Waals surface area contributed by atoms with Crippen LogP contribution < -0.4 is 15.8 Å². The second kappa shape index (κ2) is 12.9. The number of carbonyl (C=O) groups excluding carboxylic acids is 1. The Kier molecular flexibility index (Phi) is 10.4. The Balaban J connectivity index is 1.78. The number of ether oxygens (including phenoxy) is 3. The molecule has 2 heterocycles. The highest BCUT2D eigenvalue weighted by Crippen LogP contribution is 2.52. The molecular formula is C23H29BrClN2O10P. The van der Waals surface area contributed by atoms with Gasteiger partial charge in [0, 0.05) is 19.4 Å². The van der Waals surface area contributed by atoms with Crippen molar-refractivity contribution in [2.24, 2.45) is 5.92 Å². The Labute approximate surface area is 231 Å². The van der Waals surface area contributed by atoms with Crippen LogP contribution in [-0.4, -0.2) is 69.2 Å². The number of methoxy groups -OCH3 is 1. The molecule has 3 rings (SSSR count). The number of aromatic nitrogens is 2. The zero-order valence-electron chi connectivity index (χ0n) is 20.8. The Morgan fingerprint density at radius 1 is 1.29 bits per heavy atom. The van der Waals surface area contributed by atoms with Gasteiger partial charge in [0.15, 0.2) is 10.0 Å². The number of aliphatic hydroxyl groups is 1. The number of aliphatic hydroxyl groups excluding tert-OH is 1. The number of carbonyl (C=O) groups is 1. The van der Waals surface area contributed by atoms with E-state index in [-0.39, 0.29) is 18.5 Å². The third-order valence-corrected chi connectivity index (χ3v) is 8.82. The molecule has 15 heteroatoms. The van der Waals surface area contributed by atoms with Gasteiger partial charge in [-0.2, -0.15) is 0 Å². The van der Waals surface area contributed by atoms with Crippen molar-refractivity contribution in [2.75, 3.05) is 26.5 Å². The average Bonchev–Trinajstić information content (AvgIpc) is 3.07. The first kappa shape index (κ1) is 30.6. The van der Waals surface area contributed by atoms with Crippen LogP contribution in [0.1, 0.15) is 20.1 Å². The number of hydrogen-bond donors (Lipinski definition) is 2. The number of H-pyrrole nitrogens is 1. The zero-order chi connectivity index (χ0) is 28.1. The summed E-state index contributed by atoms with van der Waals surface area (Å²) in [6.45, 7) is 2.90. The Morgan fingerprint density at radius 3 is 2.61 bits per heavy atom. The van der Waals surface area contributed by atoms with Gasteiger partial charge >= 0.3 is 19.3 Å². The molecule has 1 aliphatic heterocycles. The molecule has 210 valence electrons. The maximum atomic E-state index is 13.8. The maximum absolute atomic E-state index is 13.8. The second-order valence-corrected chi connectivity index (χ2v) is 13.2. The first-order valence-corrected chi connectivity index (χ1v) is 14.5. The molecule has 0 radical (unpaired) electrons. The molecule has 2 aromatic rings. The van der Waals surface area contributed by atoms with Gasteiger partial charge in [0.2, 0.25) is 0 Å². The minimum atomic E-state index is -4.04. The van der Waals surface area contributed by atoms with E-state index in [0.717, 1.165) is 10.6 Å². The van der Waals surface area contributed by atoms with Crippen LogP contribution in [0.5, 0.6) is 5.75 Å². The molecule has 7 atom stereocenters. The Bertz CT molecular complexity index is 1260. The van der Waals surface area contributed by atoms with Crippen LogP contribution in [0.4, 0.5) is 0 Å². The molecule has 0 amide bonds. The molecule has 1 aromatic heterocycles. The second-order valence-electron chi connectivity index (χ2n) is 8.76. The number of nitrogens with zero attached hydrogens (tertiary/aromatic N) is 1. The van der Waals surface area contributed by atoms with Crippen molar-refractivity contribution in [2.45, 2.75) is 42.2 Å². The number of para-hydroxylation sites is 1. The van der Waals surface area contributed by atoms with E-state index in [1.807, 2.05) is 0 Å². The van der Waals surface area contributed by atoms with E-state index in [2.05, 4.69) is 20.9 Å². The summed E-state index contributed by atoms with van der Waals surface area (Å²) < 4.78 is 40.5. The summed E-state index contributed by atoms with van der Waals surface area (Å²) in [4.78, 5) is 38.3. The molecule has 1 aromatic carbocycles. The van der Waals surface area contributed by atoms with Gasteiger partial charge in [-0.1, -0.05) is 52.7 Å². The summed E-state index contributed by atoms with van der Waals surface area (Å²) in [5.74, 6) is -1.26. The van der Waals surface area contributed by atoms with Gasteiger partial charge < -0.3 is 23.8 Å². The molecule has 12 nitrogen and oxygen atoms in total. The lowest BCUT2D eigenvalue weighted by atomic mass is 10.2. The SMILES string of the molecule is COCC(C)OC(=O)[C@H](C)CP(=O)(OC[C@H]1O[C@@H](n2ccc(=O)[nH]c2=O)[C@](Cl)(Br)[C@@H]1O)Oc1ccccc1. The van der Waals surface area contributed by atoms with Crippen LogP contribution >= 0.6 is 35.1 Å². The molecule has 1 fully saturated rings. The average molecular weight is 640 g/mol. The fourth-order valence-electron chi connectivity index (χ4n) is 3.66. The Morgan fingerprint density at radius 2 is 1.97 bits per heavy atom. The lowest BCUT2D eigenvalue weighted by Crippen LogP contribution is -2.40. The quantitative estimate of drug-likeness (QED) is 0.201. The van der Waals surface area contributed by atoms with Crippen molar-refractivity contribution < 1.29 is 37.7 Å². The summed E-state index contributed by atoms with van der Waals surface area (Å²) in [6, 6.07) is 9.33. The molecule has 38 heavy (non-hydrogen) atoms. The van der Waals surface area contributed by atoms with Crippen molar-refractivity contribution in [3.63, 3.8) is 0 Å². The first-order chi connectivity index (χ1) is 17.9. The summed E-state index contributed by atoms with van der Waals surface area (Å²) >= 11 is 9.65. The highest BCUT2D eigenvalue weighted by Gasteiger charge is 2.55. The minimum absolute atomic E-state index is 0.191. The predicted molar refractivity (Wildman–Crippen MR) is 141 cm³/mol. The minimum Gasteiger partial charge on any atom is -0.460 e. The Hall–Kier alpha value is -1.99. The smallest absolute Gasteiger partial charge is 0.380 e. The van der Waals surface area contributed by atoms with Crippen LogP contribution in [0.15, 0.2) is 52.2 Å². The van der Waals surface area contributed by atoms with E-state index in [4.69, 9.17) is 34.9 Å². The lowest BCUT2D eigenvalue weighted by Gasteiger charge is -2.25. The van der Waals surface area contributed by atoms with Gasteiger partial charge in [-0.15, -0.1) is 0 Å². The summed E-state index contributed by atoms with van der Waals surface area (Å²) in [7, 11) is -2.56. The molecule has 2 unspecified atom stereocenters. The molecule has 1 saturated heterocycles. The van der Waals surface area contributed by atoms with E-state index in [1.54, 1.807) is 37.3 Å². The number of hydrogen-bond acceptors (Lipinski definition) is 10. The van der Waals surface area contributed by atoms with Crippen molar-refractivity contribution in [3.05, 3.63) is 63.4 Å².